The summed E-state index contributed by atoms with van der Waals surface area (Å²) in [6.07, 6.45) is 3.76. The van der Waals surface area contributed by atoms with Crippen molar-refractivity contribution in [3.8, 4) is 0 Å². The molecule has 3 N–H and O–H groups in total. The maximum atomic E-state index is 13.0. The van der Waals surface area contributed by atoms with E-state index >= 15 is 0 Å². The first-order valence-electron chi connectivity index (χ1n) is 6.82. The van der Waals surface area contributed by atoms with E-state index in [-0.39, 0.29) is 5.82 Å². The molecule has 0 aliphatic rings. The summed E-state index contributed by atoms with van der Waals surface area (Å²) in [4.78, 5) is 4.08. The summed E-state index contributed by atoms with van der Waals surface area (Å²) < 4.78 is 13.0. The van der Waals surface area contributed by atoms with Gasteiger partial charge in [0.05, 0.1) is 0 Å². The van der Waals surface area contributed by atoms with Crippen molar-refractivity contribution in [2.45, 2.75) is 32.4 Å². The second-order valence-electron chi connectivity index (χ2n) is 5.04. The molecule has 0 bridgehead atoms. The maximum Gasteiger partial charge on any atom is 0.123 e. The molecule has 106 valence electrons. The molecule has 0 saturated heterocycles. The fourth-order valence-corrected chi connectivity index (χ4v) is 2.01. The number of aryl methyl sites for hydroxylation is 1. The molecule has 2 aromatic rings. The smallest absolute Gasteiger partial charge is 0.123 e. The van der Waals surface area contributed by atoms with E-state index in [9.17, 15) is 4.39 Å². The van der Waals surface area contributed by atoms with Crippen molar-refractivity contribution in [2.24, 2.45) is 0 Å². The topological polar surface area (TPSA) is 50.9 Å². The van der Waals surface area contributed by atoms with Gasteiger partial charge in [-0.15, -0.1) is 0 Å². The summed E-state index contributed by atoms with van der Waals surface area (Å²) >= 11 is 0. The Bertz CT molecular complexity index is 540. The normalized spacial score (nSPS) is 12.3. The molecule has 1 unspecified atom stereocenters. The third-order valence-corrected chi connectivity index (χ3v) is 3.26. The number of benzene rings is 1. The lowest BCUT2D eigenvalue weighted by molar-refractivity contribution is 0.512. The van der Waals surface area contributed by atoms with Gasteiger partial charge in [-0.1, -0.05) is 18.2 Å². The van der Waals surface area contributed by atoms with Crippen molar-refractivity contribution < 1.29 is 4.39 Å². The predicted molar refractivity (Wildman–Crippen MR) is 79.7 cm³/mol. The second kappa shape index (κ2) is 7.01. The SMILES string of the molecule is CC(CCc1ccc(N)nc1)NCc1cccc(F)c1. The Hall–Kier alpha value is -1.94. The zero-order valence-corrected chi connectivity index (χ0v) is 11.6. The van der Waals surface area contributed by atoms with Crippen LogP contribution in [0.2, 0.25) is 0 Å². The van der Waals surface area contributed by atoms with Crippen LogP contribution in [0.4, 0.5) is 10.2 Å². The summed E-state index contributed by atoms with van der Waals surface area (Å²) in [5.41, 5.74) is 7.70. The van der Waals surface area contributed by atoms with Crippen LogP contribution in [0.1, 0.15) is 24.5 Å². The third kappa shape index (κ3) is 4.63. The van der Waals surface area contributed by atoms with E-state index in [2.05, 4.69) is 17.2 Å². The van der Waals surface area contributed by atoms with Gasteiger partial charge in [-0.05, 0) is 49.1 Å². The van der Waals surface area contributed by atoms with Crippen LogP contribution in [0, 0.1) is 5.82 Å². The van der Waals surface area contributed by atoms with Crippen LogP contribution in [0.25, 0.3) is 0 Å². The highest BCUT2D eigenvalue weighted by Crippen LogP contribution is 2.07. The van der Waals surface area contributed by atoms with Crippen molar-refractivity contribution in [3.63, 3.8) is 0 Å². The van der Waals surface area contributed by atoms with Gasteiger partial charge in [0.1, 0.15) is 11.6 Å². The highest BCUT2D eigenvalue weighted by molar-refractivity contribution is 5.29. The van der Waals surface area contributed by atoms with Crippen LogP contribution < -0.4 is 11.1 Å². The number of halogens is 1. The monoisotopic (exact) mass is 273 g/mol. The first-order chi connectivity index (χ1) is 9.63. The summed E-state index contributed by atoms with van der Waals surface area (Å²) in [5, 5.41) is 3.40. The summed E-state index contributed by atoms with van der Waals surface area (Å²) in [5.74, 6) is 0.357. The summed E-state index contributed by atoms with van der Waals surface area (Å²) in [7, 11) is 0. The molecule has 0 aliphatic heterocycles. The van der Waals surface area contributed by atoms with Crippen molar-refractivity contribution in [1.82, 2.24) is 10.3 Å². The van der Waals surface area contributed by atoms with Gasteiger partial charge in [-0.3, -0.25) is 0 Å². The average Bonchev–Trinajstić information content (AvgIpc) is 2.45. The molecule has 2 rings (SSSR count). The van der Waals surface area contributed by atoms with E-state index in [1.165, 1.54) is 11.6 Å². The van der Waals surface area contributed by atoms with Gasteiger partial charge in [0.15, 0.2) is 0 Å². The Balaban J connectivity index is 1.75. The minimum absolute atomic E-state index is 0.190. The number of nitrogens with one attached hydrogen (secondary N) is 1. The molecule has 1 heterocycles. The summed E-state index contributed by atoms with van der Waals surface area (Å²) in [6, 6.07) is 10.9. The standard InChI is InChI=1S/C16H20FN3/c1-12(5-6-13-7-8-16(18)20-10-13)19-11-14-3-2-4-15(17)9-14/h2-4,7-10,12,19H,5-6,11H2,1H3,(H2,18,20). The Labute approximate surface area is 119 Å². The number of hydrogen-bond donors (Lipinski definition) is 2. The van der Waals surface area contributed by atoms with Crippen molar-refractivity contribution >= 4 is 5.82 Å². The molecule has 0 radical (unpaired) electrons. The molecular weight excluding hydrogens is 253 g/mol. The Kier molecular flexibility index (Phi) is 5.07. The molecular formula is C16H20FN3. The molecule has 0 aliphatic carbocycles. The molecule has 20 heavy (non-hydrogen) atoms. The molecule has 0 spiro atoms. The fourth-order valence-electron chi connectivity index (χ4n) is 2.01. The molecule has 3 nitrogen and oxygen atoms in total. The molecule has 1 aromatic carbocycles. The quantitative estimate of drug-likeness (QED) is 0.851. The van der Waals surface area contributed by atoms with Crippen molar-refractivity contribution in [3.05, 3.63) is 59.5 Å². The molecule has 1 atom stereocenters. The number of rotatable bonds is 6. The first-order valence-corrected chi connectivity index (χ1v) is 6.82. The van der Waals surface area contributed by atoms with Gasteiger partial charge in [0.2, 0.25) is 0 Å². The van der Waals surface area contributed by atoms with Gasteiger partial charge >= 0.3 is 0 Å². The van der Waals surface area contributed by atoms with Gasteiger partial charge in [-0.25, -0.2) is 9.37 Å². The van der Waals surface area contributed by atoms with Gasteiger partial charge in [0, 0.05) is 18.8 Å². The van der Waals surface area contributed by atoms with Gasteiger partial charge in [-0.2, -0.15) is 0 Å². The highest BCUT2D eigenvalue weighted by atomic mass is 19.1. The lowest BCUT2D eigenvalue weighted by atomic mass is 10.1. The van der Waals surface area contributed by atoms with Crippen molar-refractivity contribution in [2.75, 3.05) is 5.73 Å². The lowest BCUT2D eigenvalue weighted by Crippen LogP contribution is -2.26. The largest absolute Gasteiger partial charge is 0.384 e. The molecule has 0 fully saturated rings. The van der Waals surface area contributed by atoms with Crippen LogP contribution in [0.5, 0.6) is 0 Å². The van der Waals surface area contributed by atoms with Gasteiger partial charge < -0.3 is 11.1 Å². The zero-order chi connectivity index (χ0) is 14.4. The number of nitrogens with two attached hydrogens (primary N) is 1. The number of anilines is 1. The zero-order valence-electron chi connectivity index (χ0n) is 11.6. The maximum absolute atomic E-state index is 13.0. The third-order valence-electron chi connectivity index (χ3n) is 3.26. The van der Waals surface area contributed by atoms with Crippen LogP contribution in [0.3, 0.4) is 0 Å². The molecule has 4 heteroatoms. The highest BCUT2D eigenvalue weighted by Gasteiger charge is 2.03. The van der Waals surface area contributed by atoms with Crippen LogP contribution in [-0.4, -0.2) is 11.0 Å². The van der Waals surface area contributed by atoms with Crippen LogP contribution >= 0.6 is 0 Å². The second-order valence-corrected chi connectivity index (χ2v) is 5.04. The van der Waals surface area contributed by atoms with E-state index in [1.807, 2.05) is 24.4 Å². The predicted octanol–water partition coefficient (Wildman–Crippen LogP) is 2.91. The lowest BCUT2D eigenvalue weighted by Gasteiger charge is -2.14. The first kappa shape index (κ1) is 14.5. The Morgan fingerprint density at radius 3 is 2.80 bits per heavy atom. The molecule has 0 amide bonds. The van der Waals surface area contributed by atoms with Crippen molar-refractivity contribution in [1.29, 1.82) is 0 Å². The minimum atomic E-state index is -0.190. The van der Waals surface area contributed by atoms with E-state index in [1.54, 1.807) is 12.1 Å². The number of aromatic nitrogens is 1. The number of hydrogen-bond acceptors (Lipinski definition) is 3. The van der Waals surface area contributed by atoms with E-state index in [0.29, 0.717) is 18.4 Å². The average molecular weight is 273 g/mol. The van der Waals surface area contributed by atoms with Crippen LogP contribution in [0.15, 0.2) is 42.6 Å². The number of nitrogens with zero attached hydrogens (tertiary/aromatic N) is 1. The van der Waals surface area contributed by atoms with E-state index < -0.39 is 0 Å². The number of nitrogen functional groups attached to an aromatic ring is 1. The van der Waals surface area contributed by atoms with E-state index in [4.69, 9.17) is 5.73 Å². The van der Waals surface area contributed by atoms with E-state index in [0.717, 1.165) is 18.4 Å². The Morgan fingerprint density at radius 1 is 1.25 bits per heavy atom. The minimum Gasteiger partial charge on any atom is -0.384 e. The molecule has 0 saturated carbocycles. The summed E-state index contributed by atoms with van der Waals surface area (Å²) in [6.45, 7) is 2.81. The Morgan fingerprint density at radius 2 is 2.10 bits per heavy atom. The fraction of sp³-hybridized carbons (Fsp3) is 0.312. The number of pyridine rings is 1. The molecule has 1 aromatic heterocycles. The van der Waals surface area contributed by atoms with Crippen LogP contribution in [-0.2, 0) is 13.0 Å². The van der Waals surface area contributed by atoms with Gasteiger partial charge in [0.25, 0.3) is 0 Å².